The molecule has 0 unspecified atom stereocenters. The maximum Gasteiger partial charge on any atom is 0.229 e. The molecule has 2 aromatic carbocycles. The molecule has 3 rings (SSSR count). The lowest BCUT2D eigenvalue weighted by atomic mass is 10.1. The Morgan fingerprint density at radius 1 is 1.24 bits per heavy atom. The standard InChI is InChI=1S/C19H18Cl2N2O2/c1-2-12-5-3-4-6-17(12)23-11-13(9-18(23)24)19(25)22-16-10-14(20)7-8-15(16)21/h3-8,10,13H,2,9,11H2,1H3,(H,22,25)/t13-/m0/s1. The first-order valence-corrected chi connectivity index (χ1v) is 8.89. The number of carbonyl (C=O) groups is 2. The van der Waals surface area contributed by atoms with Gasteiger partial charge in [-0.05, 0) is 36.2 Å². The highest BCUT2D eigenvalue weighted by atomic mass is 35.5. The van der Waals surface area contributed by atoms with Crippen molar-refractivity contribution in [2.45, 2.75) is 19.8 Å². The van der Waals surface area contributed by atoms with Gasteiger partial charge in [0, 0.05) is 23.7 Å². The van der Waals surface area contributed by atoms with E-state index in [2.05, 4.69) is 5.32 Å². The summed E-state index contributed by atoms with van der Waals surface area (Å²) in [6, 6.07) is 12.7. The molecule has 1 saturated heterocycles. The van der Waals surface area contributed by atoms with Crippen LogP contribution in [0, 0.1) is 5.92 Å². The quantitative estimate of drug-likeness (QED) is 0.850. The first kappa shape index (κ1) is 17.8. The summed E-state index contributed by atoms with van der Waals surface area (Å²) >= 11 is 12.0. The van der Waals surface area contributed by atoms with Crippen LogP contribution in [-0.4, -0.2) is 18.4 Å². The van der Waals surface area contributed by atoms with Crippen LogP contribution in [0.15, 0.2) is 42.5 Å². The van der Waals surface area contributed by atoms with Crippen LogP contribution in [0.25, 0.3) is 0 Å². The normalized spacial score (nSPS) is 17.0. The minimum Gasteiger partial charge on any atom is -0.324 e. The van der Waals surface area contributed by atoms with E-state index in [9.17, 15) is 9.59 Å². The number of nitrogens with zero attached hydrogens (tertiary/aromatic N) is 1. The molecule has 0 saturated carbocycles. The van der Waals surface area contributed by atoms with E-state index in [4.69, 9.17) is 23.2 Å². The van der Waals surface area contributed by atoms with Crippen molar-refractivity contribution in [1.82, 2.24) is 0 Å². The molecule has 1 aliphatic rings. The zero-order valence-corrected chi connectivity index (χ0v) is 15.3. The first-order valence-electron chi connectivity index (χ1n) is 8.13. The molecule has 1 fully saturated rings. The Kier molecular flexibility index (Phi) is 5.30. The molecule has 0 spiro atoms. The van der Waals surface area contributed by atoms with Crippen molar-refractivity contribution < 1.29 is 9.59 Å². The number of carbonyl (C=O) groups excluding carboxylic acids is 2. The maximum absolute atomic E-state index is 12.6. The van der Waals surface area contributed by atoms with Gasteiger partial charge in [0.2, 0.25) is 11.8 Å². The van der Waals surface area contributed by atoms with Crippen molar-refractivity contribution >= 4 is 46.4 Å². The number of benzene rings is 2. The van der Waals surface area contributed by atoms with E-state index in [1.807, 2.05) is 31.2 Å². The maximum atomic E-state index is 12.6. The molecule has 25 heavy (non-hydrogen) atoms. The van der Waals surface area contributed by atoms with E-state index in [1.54, 1.807) is 23.1 Å². The van der Waals surface area contributed by atoms with Crippen molar-refractivity contribution in [2.24, 2.45) is 5.92 Å². The van der Waals surface area contributed by atoms with Crippen molar-refractivity contribution in [3.63, 3.8) is 0 Å². The molecule has 1 atom stereocenters. The third kappa shape index (κ3) is 3.80. The molecule has 1 aliphatic heterocycles. The Hall–Kier alpha value is -2.04. The number of para-hydroxylation sites is 1. The highest BCUT2D eigenvalue weighted by Gasteiger charge is 2.35. The number of aryl methyl sites for hydroxylation is 1. The predicted octanol–water partition coefficient (Wildman–Crippen LogP) is 4.55. The lowest BCUT2D eigenvalue weighted by Crippen LogP contribution is -2.28. The zero-order valence-electron chi connectivity index (χ0n) is 13.8. The highest BCUT2D eigenvalue weighted by Crippen LogP contribution is 2.30. The lowest BCUT2D eigenvalue weighted by molar-refractivity contribution is -0.122. The topological polar surface area (TPSA) is 49.4 Å². The minimum atomic E-state index is -0.424. The third-order valence-electron chi connectivity index (χ3n) is 4.35. The van der Waals surface area contributed by atoms with Gasteiger partial charge >= 0.3 is 0 Å². The lowest BCUT2D eigenvalue weighted by Gasteiger charge is -2.20. The average Bonchev–Trinajstić information content (AvgIpc) is 3.00. The van der Waals surface area contributed by atoms with Gasteiger partial charge in [0.25, 0.3) is 0 Å². The van der Waals surface area contributed by atoms with Gasteiger partial charge in [0.05, 0.1) is 16.6 Å². The zero-order chi connectivity index (χ0) is 18.0. The van der Waals surface area contributed by atoms with Crippen LogP contribution in [0.5, 0.6) is 0 Å². The summed E-state index contributed by atoms with van der Waals surface area (Å²) in [5.74, 6) is -0.695. The van der Waals surface area contributed by atoms with Crippen LogP contribution in [0.2, 0.25) is 10.0 Å². The molecule has 0 bridgehead atoms. The summed E-state index contributed by atoms with van der Waals surface area (Å²) in [6.45, 7) is 2.41. The van der Waals surface area contributed by atoms with Crippen LogP contribution in [-0.2, 0) is 16.0 Å². The number of nitrogens with one attached hydrogen (secondary N) is 1. The van der Waals surface area contributed by atoms with Crippen LogP contribution >= 0.6 is 23.2 Å². The molecule has 0 aromatic heterocycles. The number of halogens is 2. The summed E-state index contributed by atoms with van der Waals surface area (Å²) in [4.78, 5) is 26.7. The van der Waals surface area contributed by atoms with E-state index in [0.29, 0.717) is 22.3 Å². The second-order valence-corrected chi connectivity index (χ2v) is 6.84. The predicted molar refractivity (Wildman–Crippen MR) is 101 cm³/mol. The van der Waals surface area contributed by atoms with Gasteiger partial charge in [-0.15, -0.1) is 0 Å². The van der Waals surface area contributed by atoms with Crippen LogP contribution in [0.1, 0.15) is 18.9 Å². The molecule has 0 aliphatic carbocycles. The Labute approximate surface area is 156 Å². The summed E-state index contributed by atoms with van der Waals surface area (Å²) in [6.07, 6.45) is 1.01. The Morgan fingerprint density at radius 3 is 2.76 bits per heavy atom. The van der Waals surface area contributed by atoms with Crippen molar-refractivity contribution in [1.29, 1.82) is 0 Å². The van der Waals surface area contributed by atoms with E-state index >= 15 is 0 Å². The fourth-order valence-electron chi connectivity index (χ4n) is 3.02. The summed E-state index contributed by atoms with van der Waals surface area (Å²) < 4.78 is 0. The molecule has 6 heteroatoms. The van der Waals surface area contributed by atoms with Gasteiger partial charge in [-0.2, -0.15) is 0 Å². The Bertz CT molecular complexity index is 823. The van der Waals surface area contributed by atoms with Crippen LogP contribution < -0.4 is 10.2 Å². The highest BCUT2D eigenvalue weighted by molar-refractivity contribution is 6.35. The van der Waals surface area contributed by atoms with Gasteiger partial charge in [-0.1, -0.05) is 48.3 Å². The largest absolute Gasteiger partial charge is 0.324 e. The number of hydrogen-bond acceptors (Lipinski definition) is 2. The monoisotopic (exact) mass is 376 g/mol. The molecule has 1 heterocycles. The van der Waals surface area contributed by atoms with Gasteiger partial charge in [-0.3, -0.25) is 9.59 Å². The van der Waals surface area contributed by atoms with E-state index in [-0.39, 0.29) is 18.2 Å². The van der Waals surface area contributed by atoms with E-state index in [0.717, 1.165) is 17.7 Å². The average molecular weight is 377 g/mol. The van der Waals surface area contributed by atoms with Crippen molar-refractivity contribution in [3.8, 4) is 0 Å². The molecular formula is C19H18Cl2N2O2. The van der Waals surface area contributed by atoms with Crippen LogP contribution in [0.3, 0.4) is 0 Å². The number of anilines is 2. The fraction of sp³-hybridized carbons (Fsp3) is 0.263. The van der Waals surface area contributed by atoms with Crippen molar-refractivity contribution in [3.05, 3.63) is 58.1 Å². The second-order valence-electron chi connectivity index (χ2n) is 6.00. The number of hydrogen-bond donors (Lipinski definition) is 1. The van der Waals surface area contributed by atoms with Gasteiger partial charge < -0.3 is 10.2 Å². The fourth-order valence-corrected chi connectivity index (χ4v) is 3.35. The van der Waals surface area contributed by atoms with Crippen LogP contribution in [0.4, 0.5) is 11.4 Å². The van der Waals surface area contributed by atoms with Gasteiger partial charge in [-0.25, -0.2) is 0 Å². The SMILES string of the molecule is CCc1ccccc1N1C[C@@H](C(=O)Nc2cc(Cl)ccc2Cl)CC1=O. The summed E-state index contributed by atoms with van der Waals surface area (Å²) in [7, 11) is 0. The molecule has 2 amide bonds. The van der Waals surface area contributed by atoms with E-state index in [1.165, 1.54) is 0 Å². The molecule has 1 N–H and O–H groups in total. The number of rotatable bonds is 4. The van der Waals surface area contributed by atoms with Gasteiger partial charge in [0.15, 0.2) is 0 Å². The Balaban J connectivity index is 1.76. The summed E-state index contributed by atoms with van der Waals surface area (Å²) in [5.41, 5.74) is 2.43. The number of amides is 2. The third-order valence-corrected chi connectivity index (χ3v) is 4.91. The van der Waals surface area contributed by atoms with E-state index < -0.39 is 5.92 Å². The first-order chi connectivity index (χ1) is 12.0. The van der Waals surface area contributed by atoms with Crippen molar-refractivity contribution in [2.75, 3.05) is 16.8 Å². The minimum absolute atomic E-state index is 0.0433. The smallest absolute Gasteiger partial charge is 0.229 e. The molecular weight excluding hydrogens is 359 g/mol. The second kappa shape index (κ2) is 7.46. The molecule has 0 radical (unpaired) electrons. The Morgan fingerprint density at radius 2 is 2.00 bits per heavy atom. The summed E-state index contributed by atoms with van der Waals surface area (Å²) in [5, 5.41) is 3.68. The molecule has 2 aromatic rings. The van der Waals surface area contributed by atoms with Gasteiger partial charge in [0.1, 0.15) is 0 Å². The molecule has 130 valence electrons. The molecule has 4 nitrogen and oxygen atoms in total.